The number of fused-ring (bicyclic) bond motifs is 1. The third-order valence-corrected chi connectivity index (χ3v) is 5.03. The summed E-state index contributed by atoms with van der Waals surface area (Å²) in [5.74, 6) is 0.485. The normalized spacial score (nSPS) is 14.8. The van der Waals surface area contributed by atoms with E-state index in [9.17, 15) is 4.79 Å². The molecule has 0 saturated heterocycles. The zero-order chi connectivity index (χ0) is 18.0. The van der Waals surface area contributed by atoms with Gasteiger partial charge in [-0.15, -0.1) is 0 Å². The van der Waals surface area contributed by atoms with Crippen LogP contribution in [0.25, 0.3) is 0 Å². The van der Waals surface area contributed by atoms with Gasteiger partial charge in [0.25, 0.3) is 5.91 Å². The minimum absolute atomic E-state index is 0.000239. The van der Waals surface area contributed by atoms with Crippen LogP contribution in [0, 0.1) is 6.92 Å². The zero-order valence-corrected chi connectivity index (χ0v) is 15.9. The van der Waals surface area contributed by atoms with E-state index in [0.29, 0.717) is 35.3 Å². The van der Waals surface area contributed by atoms with Gasteiger partial charge in [-0.3, -0.25) is 4.79 Å². The maximum Gasteiger partial charge on any atom is 0.263 e. The fraction of sp³-hybridized carbons (Fsp3) is 0.350. The Hall–Kier alpha value is -1.71. The van der Waals surface area contributed by atoms with Gasteiger partial charge in [0.2, 0.25) is 0 Å². The summed E-state index contributed by atoms with van der Waals surface area (Å²) in [6.45, 7) is 5.37. The lowest BCUT2D eigenvalue weighted by Crippen LogP contribution is -2.44. The number of rotatable bonds is 4. The van der Waals surface area contributed by atoms with Gasteiger partial charge in [-0.05, 0) is 49.1 Å². The molecule has 0 aromatic heterocycles. The van der Waals surface area contributed by atoms with Gasteiger partial charge in [0.05, 0.1) is 5.02 Å². The standard InChI is InChI=1S/C20H21Cl2NO2/c1-3-18(25-19-7-6-16(21)11-17(19)22)20(24)23-9-8-14-10-13(2)4-5-15(14)12-23/h4-7,10-11,18H,3,8-9,12H2,1-2H3. The molecule has 3 nitrogen and oxygen atoms in total. The van der Waals surface area contributed by atoms with Gasteiger partial charge in [-0.2, -0.15) is 0 Å². The number of nitrogens with zero attached hydrogens (tertiary/aromatic N) is 1. The third kappa shape index (κ3) is 4.10. The van der Waals surface area contributed by atoms with E-state index in [2.05, 4.69) is 25.1 Å². The highest BCUT2D eigenvalue weighted by molar-refractivity contribution is 6.35. The number of aryl methyl sites for hydroxylation is 1. The molecule has 1 unspecified atom stereocenters. The lowest BCUT2D eigenvalue weighted by atomic mass is 9.97. The second kappa shape index (κ2) is 7.67. The molecular weight excluding hydrogens is 357 g/mol. The molecular formula is C20H21Cl2NO2. The van der Waals surface area contributed by atoms with Gasteiger partial charge in [0, 0.05) is 18.1 Å². The number of ether oxygens (including phenoxy) is 1. The van der Waals surface area contributed by atoms with Crippen LogP contribution < -0.4 is 4.74 Å². The average molecular weight is 378 g/mol. The Morgan fingerprint density at radius 3 is 2.72 bits per heavy atom. The van der Waals surface area contributed by atoms with Crippen molar-refractivity contribution in [3.05, 3.63) is 63.1 Å². The van der Waals surface area contributed by atoms with Crippen molar-refractivity contribution in [2.75, 3.05) is 6.54 Å². The fourth-order valence-electron chi connectivity index (χ4n) is 3.11. The van der Waals surface area contributed by atoms with Crippen LogP contribution in [0.3, 0.4) is 0 Å². The predicted octanol–water partition coefficient (Wildman–Crippen LogP) is 5.04. The minimum Gasteiger partial charge on any atom is -0.479 e. The zero-order valence-electron chi connectivity index (χ0n) is 14.4. The van der Waals surface area contributed by atoms with Crippen molar-refractivity contribution in [2.45, 2.75) is 39.3 Å². The van der Waals surface area contributed by atoms with Crippen LogP contribution in [-0.4, -0.2) is 23.5 Å². The molecule has 1 atom stereocenters. The Morgan fingerprint density at radius 1 is 1.20 bits per heavy atom. The van der Waals surface area contributed by atoms with E-state index in [4.69, 9.17) is 27.9 Å². The Bertz CT molecular complexity index is 791. The first-order valence-electron chi connectivity index (χ1n) is 8.47. The third-order valence-electron chi connectivity index (χ3n) is 4.50. The van der Waals surface area contributed by atoms with Crippen molar-refractivity contribution in [1.29, 1.82) is 0 Å². The SMILES string of the molecule is CCC(Oc1ccc(Cl)cc1Cl)C(=O)N1CCc2cc(C)ccc2C1. The number of carbonyl (C=O) groups excluding carboxylic acids is 1. The summed E-state index contributed by atoms with van der Waals surface area (Å²) in [5, 5.41) is 0.956. The van der Waals surface area contributed by atoms with E-state index in [1.165, 1.54) is 16.7 Å². The molecule has 25 heavy (non-hydrogen) atoms. The van der Waals surface area contributed by atoms with Crippen molar-refractivity contribution in [3.8, 4) is 5.75 Å². The highest BCUT2D eigenvalue weighted by atomic mass is 35.5. The summed E-state index contributed by atoms with van der Waals surface area (Å²) in [7, 11) is 0. The highest BCUT2D eigenvalue weighted by Gasteiger charge is 2.28. The predicted molar refractivity (Wildman–Crippen MR) is 101 cm³/mol. The molecule has 3 rings (SSSR count). The van der Waals surface area contributed by atoms with Crippen molar-refractivity contribution in [3.63, 3.8) is 0 Å². The van der Waals surface area contributed by atoms with E-state index < -0.39 is 6.10 Å². The summed E-state index contributed by atoms with van der Waals surface area (Å²) in [5.41, 5.74) is 3.80. The van der Waals surface area contributed by atoms with Crippen molar-refractivity contribution >= 4 is 29.1 Å². The quantitative estimate of drug-likeness (QED) is 0.746. The van der Waals surface area contributed by atoms with Gasteiger partial charge in [-0.25, -0.2) is 0 Å². The number of amides is 1. The molecule has 1 amide bonds. The van der Waals surface area contributed by atoms with Gasteiger partial charge in [0.1, 0.15) is 5.75 Å². The topological polar surface area (TPSA) is 29.5 Å². The van der Waals surface area contributed by atoms with E-state index >= 15 is 0 Å². The molecule has 132 valence electrons. The first-order chi connectivity index (χ1) is 12.0. The Balaban J connectivity index is 1.73. The molecule has 0 spiro atoms. The average Bonchev–Trinajstić information content (AvgIpc) is 2.60. The largest absolute Gasteiger partial charge is 0.479 e. The van der Waals surface area contributed by atoms with Gasteiger partial charge in [0.15, 0.2) is 6.10 Å². The molecule has 0 bridgehead atoms. The van der Waals surface area contributed by atoms with Gasteiger partial charge in [-0.1, -0.05) is 53.9 Å². The molecule has 1 aliphatic rings. The van der Waals surface area contributed by atoms with Crippen LogP contribution in [-0.2, 0) is 17.8 Å². The summed E-state index contributed by atoms with van der Waals surface area (Å²) in [6, 6.07) is 11.4. The van der Waals surface area contributed by atoms with Crippen LogP contribution >= 0.6 is 23.2 Å². The highest BCUT2D eigenvalue weighted by Crippen LogP contribution is 2.29. The Morgan fingerprint density at radius 2 is 2.00 bits per heavy atom. The van der Waals surface area contributed by atoms with Crippen molar-refractivity contribution < 1.29 is 9.53 Å². The molecule has 0 aliphatic carbocycles. The van der Waals surface area contributed by atoms with Crippen LogP contribution in [0.5, 0.6) is 5.75 Å². The molecule has 0 N–H and O–H groups in total. The first kappa shape index (κ1) is 18.1. The van der Waals surface area contributed by atoms with E-state index in [1.54, 1.807) is 18.2 Å². The number of halogens is 2. The fourth-order valence-corrected chi connectivity index (χ4v) is 3.56. The van der Waals surface area contributed by atoms with Crippen LogP contribution in [0.15, 0.2) is 36.4 Å². The van der Waals surface area contributed by atoms with Gasteiger partial charge < -0.3 is 9.64 Å². The van der Waals surface area contributed by atoms with E-state index in [0.717, 1.165) is 6.42 Å². The summed E-state index contributed by atoms with van der Waals surface area (Å²) >= 11 is 12.1. The number of carbonyl (C=O) groups is 1. The first-order valence-corrected chi connectivity index (χ1v) is 9.22. The Labute approximate surface area is 158 Å². The molecule has 2 aromatic carbocycles. The maximum absolute atomic E-state index is 12.9. The number of hydrogen-bond acceptors (Lipinski definition) is 2. The minimum atomic E-state index is -0.550. The van der Waals surface area contributed by atoms with Crippen LogP contribution in [0.1, 0.15) is 30.0 Å². The Kier molecular flexibility index (Phi) is 5.55. The maximum atomic E-state index is 12.9. The molecule has 0 saturated carbocycles. The molecule has 5 heteroatoms. The molecule has 1 heterocycles. The molecule has 0 fully saturated rings. The van der Waals surface area contributed by atoms with Crippen LogP contribution in [0.4, 0.5) is 0 Å². The lowest BCUT2D eigenvalue weighted by molar-refractivity contribution is -0.139. The van der Waals surface area contributed by atoms with Crippen molar-refractivity contribution in [2.24, 2.45) is 0 Å². The number of benzene rings is 2. The van der Waals surface area contributed by atoms with Gasteiger partial charge >= 0.3 is 0 Å². The van der Waals surface area contributed by atoms with E-state index in [-0.39, 0.29) is 5.91 Å². The summed E-state index contributed by atoms with van der Waals surface area (Å²) < 4.78 is 5.89. The second-order valence-corrected chi connectivity index (χ2v) is 7.22. The lowest BCUT2D eigenvalue weighted by Gasteiger charge is -2.32. The summed E-state index contributed by atoms with van der Waals surface area (Å²) in [6.07, 6.45) is 0.904. The number of hydrogen-bond donors (Lipinski definition) is 0. The van der Waals surface area contributed by atoms with E-state index in [1.807, 2.05) is 11.8 Å². The molecule has 2 aromatic rings. The molecule has 1 aliphatic heterocycles. The van der Waals surface area contributed by atoms with Crippen LogP contribution in [0.2, 0.25) is 10.0 Å². The summed E-state index contributed by atoms with van der Waals surface area (Å²) in [4.78, 5) is 14.8. The monoisotopic (exact) mass is 377 g/mol. The molecule has 0 radical (unpaired) electrons. The smallest absolute Gasteiger partial charge is 0.263 e. The second-order valence-electron chi connectivity index (χ2n) is 6.37. The van der Waals surface area contributed by atoms with Crippen molar-refractivity contribution in [1.82, 2.24) is 4.90 Å².